The Bertz CT molecular complexity index is 1020. The van der Waals surface area contributed by atoms with E-state index in [-0.39, 0.29) is 5.75 Å². The summed E-state index contributed by atoms with van der Waals surface area (Å²) in [5.41, 5.74) is 2.18. The zero-order valence-electron chi connectivity index (χ0n) is 22.4. The highest BCUT2D eigenvalue weighted by molar-refractivity contribution is 9.10. The number of phenolic OH excluding ortho intramolecular Hbond substituents is 1. The molecular weight excluding hydrogens is 502 g/mol. The maximum Gasteiger partial charge on any atom is 0.172 e. The van der Waals surface area contributed by atoms with Gasteiger partial charge in [-0.3, -0.25) is 0 Å². The van der Waals surface area contributed by atoms with Gasteiger partial charge in [-0.2, -0.15) is 9.61 Å². The predicted octanol–water partition coefficient (Wildman–Crippen LogP) is 7.48. The lowest BCUT2D eigenvalue weighted by atomic mass is 9.97. The molecule has 4 rings (SSSR count). The maximum absolute atomic E-state index is 10.3. The van der Waals surface area contributed by atoms with Gasteiger partial charge in [0.05, 0.1) is 16.4 Å². The van der Waals surface area contributed by atoms with Gasteiger partial charge in [0.25, 0.3) is 0 Å². The van der Waals surface area contributed by atoms with Gasteiger partial charge < -0.3 is 15.3 Å². The zero-order chi connectivity index (χ0) is 25.8. The lowest BCUT2D eigenvalue weighted by molar-refractivity contribution is 0.172. The lowest BCUT2D eigenvalue weighted by Gasteiger charge is -2.33. The van der Waals surface area contributed by atoms with Crippen molar-refractivity contribution in [2.45, 2.75) is 67.2 Å². The van der Waals surface area contributed by atoms with Crippen molar-refractivity contribution in [2.75, 3.05) is 31.5 Å². The third-order valence-corrected chi connectivity index (χ3v) is 6.37. The Balaban J connectivity index is 0.000000803. The Morgan fingerprint density at radius 2 is 1.91 bits per heavy atom. The molecule has 1 aliphatic rings. The fraction of sp³-hybridized carbons (Fsp3) is 0.571. The van der Waals surface area contributed by atoms with Crippen molar-refractivity contribution in [3.05, 3.63) is 41.0 Å². The van der Waals surface area contributed by atoms with E-state index in [1.807, 2.05) is 42.6 Å². The van der Waals surface area contributed by atoms with E-state index >= 15 is 0 Å². The third kappa shape index (κ3) is 8.50. The smallest absolute Gasteiger partial charge is 0.172 e. The molecule has 1 atom stereocenters. The van der Waals surface area contributed by atoms with E-state index < -0.39 is 0 Å². The van der Waals surface area contributed by atoms with Crippen molar-refractivity contribution in [1.82, 2.24) is 19.5 Å². The summed E-state index contributed by atoms with van der Waals surface area (Å²) >= 11 is 3.55. The average Bonchev–Trinajstić information content (AvgIpc) is 3.24. The number of hydrogen-bond acceptors (Lipinski definition) is 5. The lowest BCUT2D eigenvalue weighted by Crippen LogP contribution is -2.39. The first-order chi connectivity index (χ1) is 16.9. The van der Waals surface area contributed by atoms with Crippen LogP contribution in [0.25, 0.3) is 16.9 Å². The van der Waals surface area contributed by atoms with Crippen molar-refractivity contribution in [3.8, 4) is 17.0 Å². The van der Waals surface area contributed by atoms with Crippen LogP contribution in [-0.4, -0.2) is 50.8 Å². The maximum atomic E-state index is 10.3. The summed E-state index contributed by atoms with van der Waals surface area (Å²) in [7, 11) is 0. The molecule has 6 nitrogen and oxygen atoms in total. The summed E-state index contributed by atoms with van der Waals surface area (Å²) in [5.74, 6) is 2.48. The second-order valence-electron chi connectivity index (χ2n) is 9.35. The number of para-hydroxylation sites is 1. The molecule has 0 radical (unpaired) electrons. The molecule has 1 aliphatic heterocycles. The zero-order valence-corrected chi connectivity index (χ0v) is 24.0. The van der Waals surface area contributed by atoms with Crippen LogP contribution in [0.2, 0.25) is 0 Å². The molecule has 7 heteroatoms. The highest BCUT2D eigenvalue weighted by Gasteiger charge is 2.21. The Hall–Kier alpha value is -2.12. The number of hydrogen-bond donors (Lipinski definition) is 2. The first-order valence-electron chi connectivity index (χ1n) is 13.2. The van der Waals surface area contributed by atoms with E-state index in [1.165, 1.54) is 38.8 Å². The molecule has 35 heavy (non-hydrogen) atoms. The van der Waals surface area contributed by atoms with Crippen LogP contribution in [0.5, 0.6) is 5.75 Å². The highest BCUT2D eigenvalue weighted by atomic mass is 79.9. The van der Waals surface area contributed by atoms with E-state index in [1.54, 1.807) is 12.3 Å². The van der Waals surface area contributed by atoms with Crippen molar-refractivity contribution in [3.63, 3.8) is 0 Å². The molecule has 3 heterocycles. The predicted molar refractivity (Wildman–Crippen MR) is 152 cm³/mol. The van der Waals surface area contributed by atoms with Crippen LogP contribution in [0.3, 0.4) is 0 Å². The Morgan fingerprint density at radius 3 is 2.60 bits per heavy atom. The van der Waals surface area contributed by atoms with Gasteiger partial charge >= 0.3 is 0 Å². The van der Waals surface area contributed by atoms with Crippen LogP contribution in [0.15, 0.2) is 41.0 Å². The van der Waals surface area contributed by atoms with E-state index in [4.69, 9.17) is 4.98 Å². The molecule has 194 valence electrons. The minimum absolute atomic E-state index is 0.226. The Kier molecular flexibility index (Phi) is 12.6. The van der Waals surface area contributed by atoms with Crippen molar-refractivity contribution >= 4 is 27.4 Å². The minimum atomic E-state index is 0.226. The molecule has 0 amide bonds. The number of benzene rings is 1. The molecule has 1 unspecified atom stereocenters. The van der Waals surface area contributed by atoms with Crippen LogP contribution in [-0.2, 0) is 0 Å². The minimum Gasteiger partial charge on any atom is -0.507 e. The van der Waals surface area contributed by atoms with Gasteiger partial charge in [0, 0.05) is 24.7 Å². The first-order valence-corrected chi connectivity index (χ1v) is 14.0. The second kappa shape index (κ2) is 15.1. The topological polar surface area (TPSA) is 65.7 Å². The first kappa shape index (κ1) is 29.1. The summed E-state index contributed by atoms with van der Waals surface area (Å²) in [6, 6.07) is 9.27. The van der Waals surface area contributed by atoms with Gasteiger partial charge in [-0.25, -0.2) is 4.98 Å². The summed E-state index contributed by atoms with van der Waals surface area (Å²) in [6.45, 7) is 17.3. The van der Waals surface area contributed by atoms with Gasteiger partial charge in [-0.05, 0) is 72.3 Å². The van der Waals surface area contributed by atoms with Crippen LogP contribution >= 0.6 is 15.9 Å². The molecule has 3 aromatic rings. The molecule has 2 N–H and O–H groups in total. The van der Waals surface area contributed by atoms with E-state index in [0.717, 1.165) is 40.6 Å². The molecule has 2 aromatic heterocycles. The van der Waals surface area contributed by atoms with Crippen LogP contribution in [0, 0.1) is 11.8 Å². The number of nitrogens with one attached hydrogen (secondary N) is 1. The number of rotatable bonds is 7. The summed E-state index contributed by atoms with van der Waals surface area (Å²) in [5, 5.41) is 18.4. The number of aromatic nitrogens is 3. The number of aromatic hydroxyl groups is 1. The highest BCUT2D eigenvalue weighted by Crippen LogP contribution is 2.31. The number of phenols is 1. The standard InChI is InChI=1S/C23H30BrN5O.C3H8.C2H6/c1-16(2)9-11-28-10-5-6-17(15-28)13-25-22-12-20(18-7-3-4-8-21(18)30)27-23-19(24)14-26-29(22)23;1-3-2;1-2/h3-4,7-8,12,14,16-17,25,30H,5-6,9-11,13,15H2,1-2H3;3H2,1-2H3;1-2H3. The van der Waals surface area contributed by atoms with Crippen LogP contribution in [0.1, 0.15) is 67.2 Å². The normalized spacial score (nSPS) is 15.8. The summed E-state index contributed by atoms with van der Waals surface area (Å²) < 4.78 is 2.66. The number of nitrogens with zero attached hydrogens (tertiary/aromatic N) is 4. The SMILES string of the molecule is CC.CC(C)CCN1CCCC(CNc2cc(-c3ccccc3O)nc3c(Br)cnn23)C1.CCC. The summed E-state index contributed by atoms with van der Waals surface area (Å²) in [6.07, 6.45) is 6.77. The fourth-order valence-corrected chi connectivity index (χ4v) is 4.45. The van der Waals surface area contributed by atoms with Gasteiger partial charge in [-0.1, -0.05) is 60.1 Å². The van der Waals surface area contributed by atoms with Gasteiger partial charge in [0.1, 0.15) is 11.6 Å². The fourth-order valence-electron chi connectivity index (χ4n) is 4.10. The molecule has 0 spiro atoms. The summed E-state index contributed by atoms with van der Waals surface area (Å²) in [4.78, 5) is 7.33. The molecule has 1 fully saturated rings. The third-order valence-electron chi connectivity index (χ3n) is 5.81. The largest absolute Gasteiger partial charge is 0.507 e. The number of fused-ring (bicyclic) bond motifs is 1. The average molecular weight is 547 g/mol. The second-order valence-corrected chi connectivity index (χ2v) is 10.2. The van der Waals surface area contributed by atoms with Gasteiger partial charge in [0.2, 0.25) is 0 Å². The molecule has 1 aromatic carbocycles. The number of likely N-dealkylation sites (tertiary alicyclic amines) is 1. The molecule has 0 saturated carbocycles. The van der Waals surface area contributed by atoms with Crippen molar-refractivity contribution in [1.29, 1.82) is 0 Å². The van der Waals surface area contributed by atoms with Crippen molar-refractivity contribution < 1.29 is 5.11 Å². The van der Waals surface area contributed by atoms with E-state index in [2.05, 4.69) is 58.9 Å². The molecular formula is C28H44BrN5O. The van der Waals surface area contributed by atoms with E-state index in [9.17, 15) is 5.11 Å². The molecule has 0 bridgehead atoms. The number of piperidine rings is 1. The molecule has 0 aliphatic carbocycles. The number of anilines is 1. The Labute approximate surface area is 220 Å². The van der Waals surface area contributed by atoms with Crippen LogP contribution < -0.4 is 5.32 Å². The van der Waals surface area contributed by atoms with E-state index in [0.29, 0.717) is 11.5 Å². The van der Waals surface area contributed by atoms with Gasteiger partial charge in [0.15, 0.2) is 5.65 Å². The van der Waals surface area contributed by atoms with Crippen LogP contribution in [0.4, 0.5) is 5.82 Å². The number of halogens is 1. The molecule has 1 saturated heterocycles. The monoisotopic (exact) mass is 545 g/mol. The Morgan fingerprint density at radius 1 is 1.20 bits per heavy atom. The van der Waals surface area contributed by atoms with Crippen molar-refractivity contribution in [2.24, 2.45) is 11.8 Å². The van der Waals surface area contributed by atoms with Gasteiger partial charge in [-0.15, -0.1) is 0 Å². The quantitative estimate of drug-likeness (QED) is 0.322.